The van der Waals surface area contributed by atoms with Gasteiger partial charge in [0.15, 0.2) is 5.82 Å². The number of aromatic carboxylic acids is 1. The second-order valence-corrected chi connectivity index (χ2v) is 4.23. The first-order chi connectivity index (χ1) is 9.47. The highest BCUT2D eigenvalue weighted by Crippen LogP contribution is 2.11. The topological polar surface area (TPSA) is 111 Å². The van der Waals surface area contributed by atoms with E-state index in [0.717, 1.165) is 5.82 Å². The lowest BCUT2D eigenvalue weighted by molar-refractivity contribution is 0.0690. The molecule has 104 valence electrons. The summed E-state index contributed by atoms with van der Waals surface area (Å²) in [5.74, 6) is -0.681. The minimum atomic E-state index is -1.14. The van der Waals surface area contributed by atoms with E-state index < -0.39 is 11.9 Å². The maximum Gasteiger partial charge on any atom is 0.353 e. The summed E-state index contributed by atoms with van der Waals surface area (Å²) in [5, 5.41) is 17.2. The van der Waals surface area contributed by atoms with E-state index in [9.17, 15) is 9.59 Å². The number of aromatic amines is 1. The number of pyridine rings is 1. The maximum atomic E-state index is 11.9. The van der Waals surface area contributed by atoms with Crippen LogP contribution in [0.4, 0.5) is 11.6 Å². The lowest BCUT2D eigenvalue weighted by Crippen LogP contribution is -2.14. The van der Waals surface area contributed by atoms with Gasteiger partial charge in [-0.05, 0) is 12.1 Å². The number of carboxylic acids is 1. The number of hydrogen-bond acceptors (Lipinski definition) is 5. The van der Waals surface area contributed by atoms with Gasteiger partial charge in [0, 0.05) is 26.4 Å². The zero-order valence-electron chi connectivity index (χ0n) is 10.9. The van der Waals surface area contributed by atoms with Crippen LogP contribution in [-0.2, 0) is 0 Å². The summed E-state index contributed by atoms with van der Waals surface area (Å²) in [6.45, 7) is 0. The van der Waals surface area contributed by atoms with Crippen molar-refractivity contribution in [1.29, 1.82) is 0 Å². The number of nitrogens with one attached hydrogen (secondary N) is 2. The molecule has 0 atom stereocenters. The molecule has 20 heavy (non-hydrogen) atoms. The number of carbonyl (C=O) groups excluding carboxylic acids is 1. The zero-order valence-corrected chi connectivity index (χ0v) is 10.9. The van der Waals surface area contributed by atoms with E-state index in [1.54, 1.807) is 12.1 Å². The Morgan fingerprint density at radius 3 is 2.60 bits per heavy atom. The molecule has 0 aromatic carbocycles. The van der Waals surface area contributed by atoms with Crippen LogP contribution in [-0.4, -0.2) is 46.3 Å². The molecule has 8 nitrogen and oxygen atoms in total. The van der Waals surface area contributed by atoms with Crippen LogP contribution < -0.4 is 10.2 Å². The van der Waals surface area contributed by atoms with Crippen molar-refractivity contribution in [3.05, 3.63) is 35.7 Å². The second-order valence-electron chi connectivity index (χ2n) is 4.23. The Bertz CT molecular complexity index is 633. The van der Waals surface area contributed by atoms with Gasteiger partial charge in [-0.15, -0.1) is 0 Å². The fourth-order valence-electron chi connectivity index (χ4n) is 1.47. The van der Waals surface area contributed by atoms with Crippen LogP contribution in [0.2, 0.25) is 0 Å². The molecule has 8 heteroatoms. The van der Waals surface area contributed by atoms with Gasteiger partial charge in [0.25, 0.3) is 5.91 Å². The van der Waals surface area contributed by atoms with E-state index >= 15 is 0 Å². The molecule has 0 aliphatic heterocycles. The molecule has 0 saturated carbocycles. The first kappa shape index (κ1) is 13.5. The van der Waals surface area contributed by atoms with Crippen LogP contribution in [0.3, 0.4) is 0 Å². The van der Waals surface area contributed by atoms with Crippen molar-refractivity contribution >= 4 is 23.5 Å². The molecule has 0 radical (unpaired) electrons. The minimum absolute atomic E-state index is 0.0959. The van der Waals surface area contributed by atoms with Crippen molar-refractivity contribution in [3.8, 4) is 0 Å². The van der Waals surface area contributed by atoms with Gasteiger partial charge in [-0.1, -0.05) is 0 Å². The van der Waals surface area contributed by atoms with Crippen molar-refractivity contribution in [2.45, 2.75) is 0 Å². The molecule has 3 N–H and O–H groups in total. The van der Waals surface area contributed by atoms with Gasteiger partial charge in [0.2, 0.25) is 0 Å². The number of carboxylic acid groups (broad SMARTS) is 1. The molecule has 2 aromatic heterocycles. The summed E-state index contributed by atoms with van der Waals surface area (Å²) >= 11 is 0. The van der Waals surface area contributed by atoms with Crippen LogP contribution >= 0.6 is 0 Å². The van der Waals surface area contributed by atoms with Crippen molar-refractivity contribution in [1.82, 2.24) is 15.2 Å². The van der Waals surface area contributed by atoms with Crippen LogP contribution in [0, 0.1) is 0 Å². The molecule has 0 unspecified atom stereocenters. The summed E-state index contributed by atoms with van der Waals surface area (Å²) in [4.78, 5) is 28.5. The quantitative estimate of drug-likeness (QED) is 0.761. The molecule has 2 aromatic rings. The number of carbonyl (C=O) groups is 2. The standard InChI is InChI=1S/C12H13N5O3/c1-17(2)10-4-3-7(6-13-10)11(18)14-9-5-8(12(19)20)15-16-9/h3-6H,1-2H3,(H,19,20)(H2,14,15,16,18). The Morgan fingerprint density at radius 2 is 2.10 bits per heavy atom. The monoisotopic (exact) mass is 275 g/mol. The number of rotatable bonds is 4. The summed E-state index contributed by atoms with van der Waals surface area (Å²) in [7, 11) is 3.69. The molecule has 2 heterocycles. The Morgan fingerprint density at radius 1 is 1.35 bits per heavy atom. The van der Waals surface area contributed by atoms with E-state index in [-0.39, 0.29) is 11.5 Å². The highest BCUT2D eigenvalue weighted by Gasteiger charge is 2.12. The zero-order chi connectivity index (χ0) is 14.7. The van der Waals surface area contributed by atoms with E-state index in [1.807, 2.05) is 19.0 Å². The third-order valence-corrected chi connectivity index (χ3v) is 2.52. The molecule has 0 aliphatic carbocycles. The fourth-order valence-corrected chi connectivity index (χ4v) is 1.47. The highest BCUT2D eigenvalue weighted by molar-refractivity contribution is 6.04. The van der Waals surface area contributed by atoms with Crippen LogP contribution in [0.1, 0.15) is 20.8 Å². The summed E-state index contributed by atoms with van der Waals surface area (Å²) in [6.07, 6.45) is 1.44. The first-order valence-electron chi connectivity index (χ1n) is 5.71. The van der Waals surface area contributed by atoms with Gasteiger partial charge in [0.1, 0.15) is 11.5 Å². The number of anilines is 2. The largest absolute Gasteiger partial charge is 0.477 e. The van der Waals surface area contributed by atoms with Crippen LogP contribution in [0.25, 0.3) is 0 Å². The van der Waals surface area contributed by atoms with Crippen molar-refractivity contribution in [2.75, 3.05) is 24.3 Å². The van der Waals surface area contributed by atoms with Gasteiger partial charge in [-0.3, -0.25) is 9.89 Å². The minimum Gasteiger partial charge on any atom is -0.477 e. The molecule has 0 fully saturated rings. The predicted octanol–water partition coefficient (Wildman–Crippen LogP) is 0.821. The summed E-state index contributed by atoms with van der Waals surface area (Å²) in [6, 6.07) is 4.58. The smallest absolute Gasteiger partial charge is 0.353 e. The number of hydrogen-bond donors (Lipinski definition) is 3. The lowest BCUT2D eigenvalue weighted by Gasteiger charge is -2.10. The Kier molecular flexibility index (Phi) is 3.65. The van der Waals surface area contributed by atoms with Gasteiger partial charge in [0.05, 0.1) is 5.56 Å². The predicted molar refractivity (Wildman–Crippen MR) is 72.1 cm³/mol. The summed E-state index contributed by atoms with van der Waals surface area (Å²) in [5.41, 5.74) is 0.261. The second kappa shape index (κ2) is 5.39. The van der Waals surface area contributed by atoms with Gasteiger partial charge >= 0.3 is 5.97 Å². The van der Waals surface area contributed by atoms with Crippen molar-refractivity contribution in [3.63, 3.8) is 0 Å². The average Bonchev–Trinajstić information content (AvgIpc) is 2.87. The molecule has 0 aliphatic rings. The first-order valence-corrected chi connectivity index (χ1v) is 5.71. The summed E-state index contributed by atoms with van der Waals surface area (Å²) < 4.78 is 0. The molecule has 0 spiro atoms. The van der Waals surface area contributed by atoms with Crippen LogP contribution in [0.5, 0.6) is 0 Å². The molecular weight excluding hydrogens is 262 g/mol. The van der Waals surface area contributed by atoms with E-state index in [4.69, 9.17) is 5.11 Å². The van der Waals surface area contributed by atoms with E-state index in [2.05, 4.69) is 20.5 Å². The van der Waals surface area contributed by atoms with Gasteiger partial charge < -0.3 is 15.3 Å². The Hall–Kier alpha value is -2.90. The van der Waals surface area contributed by atoms with Gasteiger partial charge in [-0.25, -0.2) is 9.78 Å². The molecule has 1 amide bonds. The van der Waals surface area contributed by atoms with E-state index in [1.165, 1.54) is 12.3 Å². The molecule has 0 bridgehead atoms. The van der Waals surface area contributed by atoms with Crippen LogP contribution in [0.15, 0.2) is 24.4 Å². The Labute approximate surface area is 114 Å². The lowest BCUT2D eigenvalue weighted by atomic mass is 10.2. The molecule has 0 saturated heterocycles. The third-order valence-electron chi connectivity index (χ3n) is 2.52. The molecule has 2 rings (SSSR count). The molecular formula is C12H13N5O3. The number of aromatic nitrogens is 3. The van der Waals surface area contributed by atoms with Crippen molar-refractivity contribution in [2.24, 2.45) is 0 Å². The Balaban J connectivity index is 2.09. The van der Waals surface area contributed by atoms with Gasteiger partial charge in [-0.2, -0.15) is 5.10 Å². The maximum absolute atomic E-state index is 11.9. The normalized spacial score (nSPS) is 10.1. The fraction of sp³-hybridized carbons (Fsp3) is 0.167. The third kappa shape index (κ3) is 2.91. The average molecular weight is 275 g/mol. The SMILES string of the molecule is CN(C)c1ccc(C(=O)Nc2cc(C(=O)O)[nH]n2)cn1. The van der Waals surface area contributed by atoms with Crippen molar-refractivity contribution < 1.29 is 14.7 Å². The number of nitrogens with zero attached hydrogens (tertiary/aromatic N) is 3. The van der Waals surface area contributed by atoms with E-state index in [0.29, 0.717) is 5.56 Å². The number of H-pyrrole nitrogens is 1. The highest BCUT2D eigenvalue weighted by atomic mass is 16.4. The number of amides is 1.